The lowest BCUT2D eigenvalue weighted by atomic mass is 9.54. The molecule has 16 rings (SSSR count). The number of aliphatic hydroxyl groups is 6. The van der Waals surface area contributed by atoms with Crippen LogP contribution in [0.25, 0.3) is 11.1 Å². The van der Waals surface area contributed by atoms with Crippen molar-refractivity contribution in [1.29, 1.82) is 0 Å². The Morgan fingerprint density at radius 1 is 0.627 bits per heavy atom. The van der Waals surface area contributed by atoms with Gasteiger partial charge in [-0.05, 0) is 182 Å². The predicted octanol–water partition coefficient (Wildman–Crippen LogP) is 1.92. The topological polar surface area (TPSA) is 563 Å². The van der Waals surface area contributed by atoms with Crippen LogP contribution in [0.4, 0.5) is 10.5 Å². The van der Waals surface area contributed by atoms with Crippen molar-refractivity contribution in [3.05, 3.63) is 135 Å². The summed E-state index contributed by atoms with van der Waals surface area (Å²) in [5.74, 6) is -12.9. The third-order valence-electron chi connectivity index (χ3n) is 22.4. The van der Waals surface area contributed by atoms with Crippen LogP contribution in [-0.2, 0) is 43.1 Å². The van der Waals surface area contributed by atoms with Gasteiger partial charge in [0.25, 0.3) is 0 Å². The number of aliphatic hydroxyl groups excluding tert-OH is 6. The largest absolute Gasteiger partial charge is 0.508 e. The number of aryl methyl sites for hydroxylation is 1. The van der Waals surface area contributed by atoms with E-state index >= 15 is 28.8 Å². The molecule has 23 N–H and O–H groups in total. The molecule has 37 heteroatoms. The predicted molar refractivity (Wildman–Crippen MR) is 417 cm³/mol. The lowest BCUT2D eigenvalue weighted by Gasteiger charge is -2.54. The van der Waals surface area contributed by atoms with Gasteiger partial charge in [0.15, 0.2) is 23.0 Å². The molecule has 6 heterocycles. The van der Waals surface area contributed by atoms with E-state index in [1.807, 2.05) is 13.8 Å². The first-order chi connectivity index (χ1) is 56.4. The van der Waals surface area contributed by atoms with Crippen LogP contribution in [-0.4, -0.2) is 200 Å². The second kappa shape index (κ2) is 36.0. The zero-order valence-corrected chi connectivity index (χ0v) is 65.2. The summed E-state index contributed by atoms with van der Waals surface area (Å²) in [5, 5.41) is 131. The number of amides is 10. The van der Waals surface area contributed by atoms with E-state index in [0.29, 0.717) is 11.8 Å². The van der Waals surface area contributed by atoms with Gasteiger partial charge < -0.3 is 134 Å². The molecule has 5 fully saturated rings. The molecule has 0 aromatic heterocycles. The number of nitrogens with two attached hydrogens (primary N) is 2. The van der Waals surface area contributed by atoms with Gasteiger partial charge in [-0.1, -0.05) is 43.6 Å². The summed E-state index contributed by atoms with van der Waals surface area (Å²) in [6, 6.07) is 3.34. The molecule has 4 aliphatic carbocycles. The van der Waals surface area contributed by atoms with Crippen molar-refractivity contribution >= 4 is 70.6 Å². The fourth-order valence-electron chi connectivity index (χ4n) is 16.8. The summed E-state index contributed by atoms with van der Waals surface area (Å²) < 4.78 is 37.1. The fourth-order valence-corrected chi connectivity index (χ4v) is 17.0. The van der Waals surface area contributed by atoms with Crippen molar-refractivity contribution in [2.45, 2.75) is 157 Å². The van der Waals surface area contributed by atoms with Crippen LogP contribution in [0.15, 0.2) is 97.1 Å². The van der Waals surface area contributed by atoms with Crippen LogP contribution in [0.3, 0.4) is 0 Å². The van der Waals surface area contributed by atoms with Gasteiger partial charge in [0, 0.05) is 48.1 Å². The maximum absolute atomic E-state index is 16.5. The average molecular weight is 1660 g/mol. The molecule has 0 unspecified atom stereocenters. The van der Waals surface area contributed by atoms with E-state index in [1.165, 1.54) is 62.5 Å². The molecule has 6 aromatic carbocycles. The summed E-state index contributed by atoms with van der Waals surface area (Å²) in [4.78, 5) is 138. The first-order valence-electron chi connectivity index (χ1n) is 38.8. The maximum atomic E-state index is 16.5. The van der Waals surface area contributed by atoms with Gasteiger partial charge in [-0.15, -0.1) is 0 Å². The number of halogens is 1. The fraction of sp³-hybridized carbons (Fsp3) is 0.444. The van der Waals surface area contributed by atoms with Gasteiger partial charge in [-0.25, -0.2) is 4.79 Å². The number of hydrogen-bond donors (Lipinski definition) is 21. The van der Waals surface area contributed by atoms with Gasteiger partial charge in [-0.2, -0.15) is 0 Å². The van der Waals surface area contributed by atoms with E-state index in [1.54, 1.807) is 0 Å². The van der Waals surface area contributed by atoms with Crippen LogP contribution in [0, 0.1) is 36.5 Å². The van der Waals surface area contributed by atoms with Gasteiger partial charge in [-0.3, -0.25) is 43.7 Å². The van der Waals surface area contributed by atoms with E-state index in [0.717, 1.165) is 80.6 Å². The minimum absolute atomic E-state index is 0.00491. The molecule has 0 radical (unpaired) electrons. The summed E-state index contributed by atoms with van der Waals surface area (Å²) >= 11 is 7.18. The molecule has 118 heavy (non-hydrogen) atoms. The molecule has 4 saturated carbocycles. The Balaban J connectivity index is 0.986. The Labute approximate surface area is 680 Å². The van der Waals surface area contributed by atoms with Gasteiger partial charge in [0.1, 0.15) is 115 Å². The first-order valence-corrected chi connectivity index (χ1v) is 39.1. The SMILES string of the molecule is CN[C@H](CC(C)C)C(=O)N[C@H]1C(=O)N[C@@H](CC(=O)NC(=O)Nc2ccc(OCCN)c(OCCN)c2)C(=O)N[C@H]2C(=O)N[C@H]3C(=O)N[C@H](C(=O)N[C@H](C(=O)NC4C5CC6CC(C5)CC4C6)c4cc(O)cc(O)c4-c4cc3ccc4O)[C@H](O)c3ccc(c(Cl)c3)Oc3cc2cc(c3O[C@@H]2O[C@H](CO)[C@@H](O)[C@H](O)[C@H]2O)Oc2ccc(cc2C)[C@H]1O. The number of carbonyl (C=O) groups is 9. The van der Waals surface area contributed by atoms with Crippen molar-refractivity contribution in [1.82, 2.24) is 47.9 Å². The monoisotopic (exact) mass is 1650 g/mol. The Morgan fingerprint density at radius 3 is 1.92 bits per heavy atom. The molecule has 6 aliphatic heterocycles. The number of anilines is 1. The van der Waals surface area contributed by atoms with Crippen molar-refractivity contribution in [2.75, 3.05) is 45.3 Å². The summed E-state index contributed by atoms with van der Waals surface area (Å²) in [6.45, 7) is 4.46. The number of phenolic OH excluding ortho intramolecular Hbond substituents is 3. The van der Waals surface area contributed by atoms with Crippen molar-refractivity contribution in [3.63, 3.8) is 0 Å². The van der Waals surface area contributed by atoms with Crippen LogP contribution >= 0.6 is 11.6 Å². The number of imide groups is 1. The number of nitrogens with one attached hydrogen (secondary N) is 10. The van der Waals surface area contributed by atoms with E-state index in [4.69, 9.17) is 51.5 Å². The molecule has 6 aromatic rings. The number of benzene rings is 6. The number of phenols is 3. The number of likely N-dealkylation sites (N-methyl/N-ethyl adjacent to an activating group) is 1. The minimum atomic E-state index is -2.38. The van der Waals surface area contributed by atoms with E-state index in [-0.39, 0.29) is 124 Å². The van der Waals surface area contributed by atoms with Crippen molar-refractivity contribution < 1.29 is 118 Å². The van der Waals surface area contributed by atoms with Gasteiger partial charge in [0.05, 0.1) is 24.1 Å². The number of ether oxygens (including phenoxy) is 6. The summed E-state index contributed by atoms with van der Waals surface area (Å²) in [5.41, 5.74) is 9.48. The minimum Gasteiger partial charge on any atom is -0.508 e. The van der Waals surface area contributed by atoms with Crippen LogP contribution in [0.5, 0.6) is 57.5 Å². The lowest BCUT2D eigenvalue weighted by molar-refractivity contribution is -0.277. The molecule has 36 nitrogen and oxygen atoms in total. The molecule has 15 bridgehead atoms. The summed E-state index contributed by atoms with van der Waals surface area (Å²) in [6.07, 6.45) is -10.7. The molecule has 630 valence electrons. The summed E-state index contributed by atoms with van der Waals surface area (Å²) in [7, 11) is 1.48. The Hall–Kier alpha value is -11.2. The lowest BCUT2D eigenvalue weighted by Crippen LogP contribution is -2.60. The zero-order valence-electron chi connectivity index (χ0n) is 64.5. The second-order valence-electron chi connectivity index (χ2n) is 31.1. The highest BCUT2D eigenvalue weighted by atomic mass is 35.5. The van der Waals surface area contributed by atoms with Gasteiger partial charge in [0.2, 0.25) is 59.3 Å². The van der Waals surface area contributed by atoms with E-state index in [2.05, 4.69) is 53.2 Å². The normalized spacial score (nSPS) is 27.4. The van der Waals surface area contributed by atoms with Gasteiger partial charge >= 0.3 is 6.03 Å². The first kappa shape index (κ1) is 84.7. The van der Waals surface area contributed by atoms with E-state index in [9.17, 15) is 60.3 Å². The van der Waals surface area contributed by atoms with E-state index < -0.39 is 197 Å². The second-order valence-corrected chi connectivity index (χ2v) is 31.5. The third kappa shape index (κ3) is 18.3. The smallest absolute Gasteiger partial charge is 0.325 e. The van der Waals surface area contributed by atoms with Crippen molar-refractivity contribution in [2.24, 2.45) is 41.1 Å². The Morgan fingerprint density at radius 2 is 1.26 bits per heavy atom. The highest BCUT2D eigenvalue weighted by molar-refractivity contribution is 6.32. The highest BCUT2D eigenvalue weighted by Gasteiger charge is 2.51. The zero-order chi connectivity index (χ0) is 84.4. The molecular weight excluding hydrogens is 1560 g/mol. The molecule has 10 aliphatic rings. The molecule has 0 spiro atoms. The number of rotatable bonds is 19. The molecule has 14 atom stereocenters. The van der Waals surface area contributed by atoms with Crippen LogP contribution in [0.2, 0.25) is 5.02 Å². The molecular formula is C81H95ClN12O24. The van der Waals surface area contributed by atoms with Crippen LogP contribution in [0.1, 0.15) is 123 Å². The number of fused-ring (bicyclic) bond motifs is 15. The maximum Gasteiger partial charge on any atom is 0.325 e. The number of hydrogen-bond acceptors (Lipinski definition) is 27. The van der Waals surface area contributed by atoms with Crippen molar-refractivity contribution in [3.8, 4) is 68.6 Å². The third-order valence-corrected chi connectivity index (χ3v) is 22.7. The Kier molecular flexibility index (Phi) is 25.8. The average Bonchev–Trinajstić information content (AvgIpc) is 0.755. The van der Waals surface area contributed by atoms with Crippen LogP contribution < -0.4 is 88.3 Å². The Bertz CT molecular complexity index is 4830. The number of urea groups is 1. The number of aromatic hydroxyl groups is 3. The quantitative estimate of drug-likeness (QED) is 0.0551. The standard InChI is InChI=1S/C81H95ClN12O24/c1-33(2)17-48(85-4)73(105)93-65-67(100)38-6-10-52(34(3)18-38)115-56-26-42-27-57(72(56)118-80-71(104)70(103)69(102)58(32-95)117-80)116-53-11-7-39(25-47(53)82)68(101)66-79(111)92-64(77(109)89-61-40-20-35-19-36(22-40)23-41(61)21-35)46-29-44(96)30-51(98)60(46)45-24-37(5-9-50(45)97)62(75(107)94-66)91-76(108)63(42)90-74(106)49(87-78(65)110)31-59(99)88-81(112)86-43-8-12-54(113-15-13-83)55(28-43)114-16-14-84/h5-12,18,24-30,33,35-36,40-41,48-49,58,61-71,80,85,95-98,100-104H,13-17,19-23,31-32,83-84H2,1-4H3,(H,87,110)(H,89,109)(H,90,106)(H,91,108)(H,92,111)(H,93,105)(H,94,107)(H2,86,88,99,112)/t35?,36?,40?,41?,48-,49+,58-,61?,62-,63-,64+,65-,66+,67-,68-,69-,70+,71-,80+/m1/s1. The molecule has 10 amide bonds. The number of carbonyl (C=O) groups excluding carboxylic acids is 9. The molecule has 1 saturated heterocycles. The highest BCUT2D eigenvalue weighted by Crippen LogP contribution is 2.55.